The molecule has 0 N–H and O–H groups in total. The van der Waals surface area contributed by atoms with Crippen LogP contribution in [0.5, 0.6) is 11.5 Å². The number of aryl methyl sites for hydroxylation is 4. The molecule has 8 aromatic carbocycles. The first-order valence-electron chi connectivity index (χ1n) is 24.4. The predicted molar refractivity (Wildman–Crippen MR) is 280 cm³/mol. The van der Waals surface area contributed by atoms with Gasteiger partial charge in [-0.15, -0.1) is 0 Å². The summed E-state index contributed by atoms with van der Waals surface area (Å²) >= 11 is -5.38. The molecule has 0 amide bonds. The first-order valence-corrected chi connectivity index (χ1v) is 29.2. The normalized spacial score (nSPS) is 17.6. The van der Waals surface area contributed by atoms with Gasteiger partial charge in [0.25, 0.3) is 0 Å². The van der Waals surface area contributed by atoms with E-state index in [9.17, 15) is 0 Å². The van der Waals surface area contributed by atoms with Crippen LogP contribution in [0.4, 0.5) is 0 Å². The molecule has 2 nitrogen and oxygen atoms in total. The van der Waals surface area contributed by atoms with E-state index in [2.05, 4.69) is 227 Å². The number of hydrogen-bond donors (Lipinski definition) is 0. The van der Waals surface area contributed by atoms with E-state index in [1.165, 1.54) is 111 Å². The van der Waals surface area contributed by atoms with Crippen LogP contribution in [0.3, 0.4) is 0 Å². The van der Waals surface area contributed by atoms with Crippen molar-refractivity contribution in [3.05, 3.63) is 224 Å². The van der Waals surface area contributed by atoms with Crippen LogP contribution in [-0.2, 0) is 32.0 Å². The zero-order valence-electron chi connectivity index (χ0n) is 40.9. The summed E-state index contributed by atoms with van der Waals surface area (Å²) < 4.78 is 17.1. The van der Waals surface area contributed by atoms with Gasteiger partial charge in [0.05, 0.1) is 0 Å². The Labute approximate surface area is 404 Å². The molecule has 0 saturated heterocycles. The summed E-state index contributed by atoms with van der Waals surface area (Å²) in [7, 11) is 0. The van der Waals surface area contributed by atoms with E-state index in [0.29, 0.717) is 0 Å². The number of hydrogen-bond acceptors (Lipinski definition) is 2. The molecular formula is C64H62O2Zr. The van der Waals surface area contributed by atoms with Crippen molar-refractivity contribution >= 4 is 43.8 Å². The number of rotatable bonds is 6. The first-order chi connectivity index (χ1) is 32.1. The molecule has 334 valence electrons. The van der Waals surface area contributed by atoms with Crippen LogP contribution in [0.15, 0.2) is 158 Å². The van der Waals surface area contributed by atoms with Crippen molar-refractivity contribution in [2.45, 2.75) is 100 Å². The minimum atomic E-state index is -5.38. The molecule has 0 fully saturated rings. The van der Waals surface area contributed by atoms with Crippen LogP contribution in [0.1, 0.15) is 128 Å². The van der Waals surface area contributed by atoms with E-state index in [-0.39, 0.29) is 18.1 Å². The SMILES string of the molecule is Cc1ccc([O][Zr]2([O]c3ccc(C)cc3C(C)(C)C)[CH]3C(c4cc(C)cc5ccccc45)=C(CCC4=C(c5cc(C)cc6ccccc56)[CH]2c2ccccc24)c2ccccc23)c(C(C)(C)C)c1. The average molecular weight is 954 g/mol. The molecule has 2 aliphatic carbocycles. The van der Waals surface area contributed by atoms with Gasteiger partial charge in [0.2, 0.25) is 0 Å². The van der Waals surface area contributed by atoms with Crippen molar-refractivity contribution in [1.82, 2.24) is 0 Å². The van der Waals surface area contributed by atoms with E-state index < -0.39 is 21.1 Å². The third-order valence-corrected chi connectivity index (χ3v) is 24.4. The summed E-state index contributed by atoms with van der Waals surface area (Å²) in [5.74, 6) is 1.88. The number of allylic oxidation sites excluding steroid dienone is 4. The third-order valence-electron chi connectivity index (χ3n) is 14.9. The van der Waals surface area contributed by atoms with Gasteiger partial charge in [-0.25, -0.2) is 0 Å². The van der Waals surface area contributed by atoms with Crippen LogP contribution >= 0.6 is 0 Å². The second-order valence-corrected chi connectivity index (χ2v) is 29.2. The van der Waals surface area contributed by atoms with Gasteiger partial charge in [0.1, 0.15) is 0 Å². The van der Waals surface area contributed by atoms with E-state index in [1.54, 1.807) is 0 Å². The standard InChI is InChI=1S/C42H32.2C11H16O.Zr/c1-27-21-29-11-3-9-17-35(29)39(23-27)41-25-31-13-5-7-15-33(31)37(41)19-20-38-34-16-8-6-14-32(34)26-42(38)40-24-28(2)22-30-12-4-10-18-36(30)40;2*1-8-5-6-10(12)9(7-8)11(2,3)4;/h3-18,21-26H,19-20H2,1-2H3;2*5-7,12H,1-4H3;/q;;;+2/p-2. The summed E-state index contributed by atoms with van der Waals surface area (Å²) in [6.07, 6.45) is 1.79. The molecule has 4 bridgehead atoms. The molecule has 67 heavy (non-hydrogen) atoms. The summed E-state index contributed by atoms with van der Waals surface area (Å²) in [4.78, 5) is 0. The Hall–Kier alpha value is -5.76. The predicted octanol–water partition coefficient (Wildman–Crippen LogP) is 17.4. The Kier molecular flexibility index (Phi) is 10.6. The van der Waals surface area contributed by atoms with Gasteiger partial charge >= 0.3 is 407 Å². The molecule has 0 aromatic heterocycles. The van der Waals surface area contributed by atoms with Crippen LogP contribution < -0.4 is 5.63 Å². The van der Waals surface area contributed by atoms with Gasteiger partial charge in [0, 0.05) is 0 Å². The molecule has 2 atom stereocenters. The minimum absolute atomic E-state index is 0.171. The van der Waals surface area contributed by atoms with E-state index in [0.717, 1.165) is 24.3 Å². The van der Waals surface area contributed by atoms with Gasteiger partial charge in [-0.2, -0.15) is 0 Å². The Balaban J connectivity index is 1.36. The number of fused-ring (bicyclic) bond motifs is 10. The van der Waals surface area contributed by atoms with Crippen LogP contribution in [-0.4, -0.2) is 0 Å². The summed E-state index contributed by atoms with van der Waals surface area (Å²) in [5.41, 5.74) is 20.6. The van der Waals surface area contributed by atoms with Crippen molar-refractivity contribution in [3.63, 3.8) is 0 Å². The van der Waals surface area contributed by atoms with Gasteiger partial charge in [-0.3, -0.25) is 0 Å². The molecule has 3 heteroatoms. The summed E-state index contributed by atoms with van der Waals surface area (Å²) in [5, 5.41) is 5.08. The fourth-order valence-corrected chi connectivity index (χ4v) is 23.6. The molecule has 0 saturated carbocycles. The monoisotopic (exact) mass is 952 g/mol. The quantitative estimate of drug-likeness (QED) is 0.165. The molecular weight excluding hydrogens is 892 g/mol. The van der Waals surface area contributed by atoms with Crippen LogP contribution in [0, 0.1) is 27.7 Å². The number of benzene rings is 8. The average Bonchev–Trinajstić information content (AvgIpc) is 3.81. The topological polar surface area (TPSA) is 18.5 Å². The Morgan fingerprint density at radius 3 is 1.21 bits per heavy atom. The molecule has 11 rings (SSSR count). The van der Waals surface area contributed by atoms with E-state index in [4.69, 9.17) is 5.63 Å². The molecule has 1 heterocycles. The van der Waals surface area contributed by atoms with Crippen molar-refractivity contribution in [2.24, 2.45) is 0 Å². The fraction of sp³-hybridized carbons (Fsp3) is 0.250. The van der Waals surface area contributed by atoms with E-state index >= 15 is 0 Å². The summed E-state index contributed by atoms with van der Waals surface area (Å²) in [6, 6.07) is 60.2. The molecule has 0 spiro atoms. The zero-order valence-corrected chi connectivity index (χ0v) is 43.4. The molecule has 3 aliphatic rings. The maximum atomic E-state index is 8.73. The fourth-order valence-electron chi connectivity index (χ4n) is 12.0. The first kappa shape index (κ1) is 43.8. The van der Waals surface area contributed by atoms with Crippen molar-refractivity contribution in [3.8, 4) is 11.5 Å². The van der Waals surface area contributed by atoms with Crippen molar-refractivity contribution in [2.75, 3.05) is 0 Å². The Morgan fingerprint density at radius 2 is 0.791 bits per heavy atom. The Morgan fingerprint density at radius 1 is 0.403 bits per heavy atom. The van der Waals surface area contributed by atoms with Gasteiger partial charge < -0.3 is 0 Å². The van der Waals surface area contributed by atoms with Gasteiger partial charge in [-0.1, -0.05) is 0 Å². The second kappa shape index (κ2) is 16.2. The van der Waals surface area contributed by atoms with Crippen molar-refractivity contribution in [1.29, 1.82) is 0 Å². The van der Waals surface area contributed by atoms with Gasteiger partial charge in [0.15, 0.2) is 0 Å². The Bertz CT molecular complexity index is 3160. The molecule has 1 aliphatic heterocycles. The molecule has 0 radical (unpaired) electrons. The second-order valence-electron chi connectivity index (χ2n) is 21.8. The molecule has 2 unspecified atom stereocenters. The van der Waals surface area contributed by atoms with Crippen LogP contribution in [0.2, 0.25) is 0 Å². The third kappa shape index (κ3) is 7.31. The summed E-state index contributed by atoms with van der Waals surface area (Å²) in [6.45, 7) is 22.9. The van der Waals surface area contributed by atoms with Crippen LogP contribution in [0.25, 0.3) is 43.8 Å². The molecule has 8 aromatic rings. The zero-order chi connectivity index (χ0) is 46.6. The van der Waals surface area contributed by atoms with Crippen molar-refractivity contribution < 1.29 is 26.8 Å². The maximum absolute atomic E-state index is 8.73. The van der Waals surface area contributed by atoms with Gasteiger partial charge in [-0.05, 0) is 0 Å². The van der Waals surface area contributed by atoms with E-state index in [1.807, 2.05) is 0 Å².